The Morgan fingerprint density at radius 3 is 2.20 bits per heavy atom. The SMILES string of the molecule is CCC(C)C(O)CC(C)I. The number of hydrogen-bond donors (Lipinski definition) is 1. The molecule has 0 fully saturated rings. The van der Waals surface area contributed by atoms with Gasteiger partial charge in [-0.2, -0.15) is 0 Å². The molecule has 0 amide bonds. The summed E-state index contributed by atoms with van der Waals surface area (Å²) in [6.45, 7) is 6.35. The highest BCUT2D eigenvalue weighted by atomic mass is 127. The molecule has 0 spiro atoms. The zero-order chi connectivity index (χ0) is 8.15. The highest BCUT2D eigenvalue weighted by Crippen LogP contribution is 2.16. The molecule has 0 heterocycles. The molecule has 0 rings (SSSR count). The lowest BCUT2D eigenvalue weighted by Gasteiger charge is -2.17. The second-order valence-electron chi connectivity index (χ2n) is 2.97. The number of alkyl halides is 1. The van der Waals surface area contributed by atoms with Gasteiger partial charge >= 0.3 is 0 Å². The van der Waals surface area contributed by atoms with Crippen LogP contribution in [-0.2, 0) is 0 Å². The van der Waals surface area contributed by atoms with Crippen molar-refractivity contribution in [3.63, 3.8) is 0 Å². The summed E-state index contributed by atoms with van der Waals surface area (Å²) in [5.74, 6) is 0.456. The average molecular weight is 256 g/mol. The molecule has 0 aliphatic carbocycles. The third kappa shape index (κ3) is 4.50. The Morgan fingerprint density at radius 2 is 1.90 bits per heavy atom. The molecule has 3 atom stereocenters. The van der Waals surface area contributed by atoms with Gasteiger partial charge in [-0.05, 0) is 12.3 Å². The van der Waals surface area contributed by atoms with Crippen LogP contribution in [0.5, 0.6) is 0 Å². The van der Waals surface area contributed by atoms with Crippen molar-refractivity contribution in [2.75, 3.05) is 0 Å². The molecule has 0 aliphatic rings. The van der Waals surface area contributed by atoms with E-state index in [-0.39, 0.29) is 6.10 Å². The maximum atomic E-state index is 9.48. The van der Waals surface area contributed by atoms with Gasteiger partial charge in [-0.3, -0.25) is 0 Å². The summed E-state index contributed by atoms with van der Waals surface area (Å²) in [5.41, 5.74) is 0. The Bertz CT molecular complexity index is 83.3. The van der Waals surface area contributed by atoms with Crippen LogP contribution in [0.25, 0.3) is 0 Å². The summed E-state index contributed by atoms with van der Waals surface area (Å²) >= 11 is 2.35. The van der Waals surface area contributed by atoms with Crippen LogP contribution in [-0.4, -0.2) is 15.1 Å². The van der Waals surface area contributed by atoms with Crippen LogP contribution in [0.4, 0.5) is 0 Å². The van der Waals surface area contributed by atoms with Crippen LogP contribution in [0.1, 0.15) is 33.6 Å². The first-order valence-corrected chi connectivity index (χ1v) is 5.14. The highest BCUT2D eigenvalue weighted by molar-refractivity contribution is 14.1. The average Bonchev–Trinajstić information content (AvgIpc) is 1.85. The third-order valence-corrected chi connectivity index (χ3v) is 2.38. The molecule has 0 radical (unpaired) electrons. The number of halogens is 1. The lowest BCUT2D eigenvalue weighted by molar-refractivity contribution is 0.107. The van der Waals surface area contributed by atoms with E-state index < -0.39 is 0 Å². The summed E-state index contributed by atoms with van der Waals surface area (Å²) < 4.78 is 0.585. The standard InChI is InChI=1S/C8H17IO/c1-4-6(2)8(10)5-7(3)9/h6-8,10H,4-5H2,1-3H3. The van der Waals surface area contributed by atoms with Crippen molar-refractivity contribution < 1.29 is 5.11 Å². The molecule has 3 unspecified atom stereocenters. The Balaban J connectivity index is 3.50. The van der Waals surface area contributed by atoms with Gasteiger partial charge in [0.1, 0.15) is 0 Å². The quantitative estimate of drug-likeness (QED) is 0.605. The van der Waals surface area contributed by atoms with E-state index in [2.05, 4.69) is 43.4 Å². The van der Waals surface area contributed by atoms with Crippen LogP contribution in [0.2, 0.25) is 0 Å². The molecule has 1 nitrogen and oxygen atoms in total. The molecule has 10 heavy (non-hydrogen) atoms. The molecule has 0 saturated heterocycles. The number of hydrogen-bond acceptors (Lipinski definition) is 1. The minimum absolute atomic E-state index is 0.100. The van der Waals surface area contributed by atoms with Crippen molar-refractivity contribution in [1.82, 2.24) is 0 Å². The van der Waals surface area contributed by atoms with E-state index in [0.717, 1.165) is 12.8 Å². The van der Waals surface area contributed by atoms with E-state index in [9.17, 15) is 5.11 Å². The monoisotopic (exact) mass is 256 g/mol. The van der Waals surface area contributed by atoms with E-state index >= 15 is 0 Å². The smallest absolute Gasteiger partial charge is 0.0575 e. The van der Waals surface area contributed by atoms with Gasteiger partial charge in [0.05, 0.1) is 6.10 Å². The van der Waals surface area contributed by atoms with Gasteiger partial charge in [0, 0.05) is 3.92 Å². The largest absolute Gasteiger partial charge is 0.393 e. The zero-order valence-electron chi connectivity index (χ0n) is 6.97. The van der Waals surface area contributed by atoms with Crippen molar-refractivity contribution in [3.05, 3.63) is 0 Å². The molecule has 0 bridgehead atoms. The topological polar surface area (TPSA) is 20.2 Å². The first-order valence-electron chi connectivity index (χ1n) is 3.90. The predicted molar refractivity (Wildman–Crippen MR) is 53.6 cm³/mol. The molecule has 0 aromatic rings. The lowest BCUT2D eigenvalue weighted by atomic mass is 9.98. The van der Waals surface area contributed by atoms with Gasteiger partial charge in [-0.25, -0.2) is 0 Å². The normalized spacial score (nSPS) is 20.1. The van der Waals surface area contributed by atoms with Gasteiger partial charge < -0.3 is 5.11 Å². The van der Waals surface area contributed by atoms with Crippen molar-refractivity contribution in [2.24, 2.45) is 5.92 Å². The molecule has 62 valence electrons. The minimum Gasteiger partial charge on any atom is -0.393 e. The molecule has 0 aliphatic heterocycles. The first kappa shape index (κ1) is 10.7. The molecule has 1 N–H and O–H groups in total. The van der Waals surface area contributed by atoms with Crippen LogP contribution in [0.3, 0.4) is 0 Å². The van der Waals surface area contributed by atoms with Crippen molar-refractivity contribution in [1.29, 1.82) is 0 Å². The van der Waals surface area contributed by atoms with E-state index in [0.29, 0.717) is 9.84 Å². The van der Waals surface area contributed by atoms with Crippen LogP contribution < -0.4 is 0 Å². The van der Waals surface area contributed by atoms with Gasteiger partial charge in [0.15, 0.2) is 0 Å². The van der Waals surface area contributed by atoms with Gasteiger partial charge in [0.25, 0.3) is 0 Å². The van der Waals surface area contributed by atoms with Crippen LogP contribution in [0, 0.1) is 5.92 Å². The Morgan fingerprint density at radius 1 is 1.40 bits per heavy atom. The van der Waals surface area contributed by atoms with Crippen molar-refractivity contribution in [3.8, 4) is 0 Å². The first-order chi connectivity index (χ1) is 4.57. The summed E-state index contributed by atoms with van der Waals surface area (Å²) in [4.78, 5) is 0. The minimum atomic E-state index is -0.100. The summed E-state index contributed by atoms with van der Waals surface area (Å²) in [6, 6.07) is 0. The third-order valence-electron chi connectivity index (χ3n) is 1.87. The Hall–Kier alpha value is 0.690. The lowest BCUT2D eigenvalue weighted by Crippen LogP contribution is -2.19. The van der Waals surface area contributed by atoms with Crippen molar-refractivity contribution in [2.45, 2.75) is 43.6 Å². The molecular weight excluding hydrogens is 239 g/mol. The summed E-state index contributed by atoms with van der Waals surface area (Å²) in [5, 5.41) is 9.48. The van der Waals surface area contributed by atoms with Gasteiger partial charge in [-0.1, -0.05) is 49.8 Å². The molecule has 2 heteroatoms. The van der Waals surface area contributed by atoms with Crippen LogP contribution >= 0.6 is 22.6 Å². The Labute approximate surface area is 77.3 Å². The van der Waals surface area contributed by atoms with Crippen molar-refractivity contribution >= 4 is 22.6 Å². The number of rotatable bonds is 4. The summed E-state index contributed by atoms with van der Waals surface area (Å²) in [6.07, 6.45) is 1.90. The van der Waals surface area contributed by atoms with Gasteiger partial charge in [0.2, 0.25) is 0 Å². The fourth-order valence-electron chi connectivity index (χ4n) is 0.837. The zero-order valence-corrected chi connectivity index (χ0v) is 9.13. The maximum Gasteiger partial charge on any atom is 0.0575 e. The highest BCUT2D eigenvalue weighted by Gasteiger charge is 2.13. The van der Waals surface area contributed by atoms with Gasteiger partial charge in [-0.15, -0.1) is 0 Å². The Kier molecular flexibility index (Phi) is 5.72. The maximum absolute atomic E-state index is 9.48. The van der Waals surface area contributed by atoms with E-state index in [1.807, 2.05) is 0 Å². The fraction of sp³-hybridized carbons (Fsp3) is 1.00. The molecule has 0 aromatic heterocycles. The van der Waals surface area contributed by atoms with E-state index in [4.69, 9.17) is 0 Å². The predicted octanol–water partition coefficient (Wildman–Crippen LogP) is 2.61. The van der Waals surface area contributed by atoms with Crippen LogP contribution in [0.15, 0.2) is 0 Å². The molecular formula is C8H17IO. The number of aliphatic hydroxyl groups is 1. The fourth-order valence-corrected chi connectivity index (χ4v) is 1.36. The van der Waals surface area contributed by atoms with E-state index in [1.165, 1.54) is 0 Å². The summed E-state index contributed by atoms with van der Waals surface area (Å²) in [7, 11) is 0. The molecule has 0 saturated carbocycles. The second kappa shape index (κ2) is 5.35. The second-order valence-corrected chi connectivity index (χ2v) is 5.10. The molecule has 0 aromatic carbocycles. The number of aliphatic hydroxyl groups excluding tert-OH is 1. The van der Waals surface area contributed by atoms with E-state index in [1.54, 1.807) is 0 Å².